The van der Waals surface area contributed by atoms with Crippen molar-refractivity contribution in [1.29, 1.82) is 0 Å². The van der Waals surface area contributed by atoms with E-state index in [1.54, 1.807) is 0 Å². The zero-order valence-electron chi connectivity index (χ0n) is 7.36. The first kappa shape index (κ1) is 8.71. The van der Waals surface area contributed by atoms with E-state index in [1.165, 1.54) is 0 Å². The molecule has 0 bridgehead atoms. The van der Waals surface area contributed by atoms with Crippen molar-refractivity contribution in [2.45, 2.75) is 19.9 Å². The molecule has 0 aliphatic heterocycles. The molecule has 12 heavy (non-hydrogen) atoms. The maximum Gasteiger partial charge on any atom is 0.0854 e. The highest BCUT2D eigenvalue weighted by Gasteiger charge is 1.89. The number of azo groups is 1. The van der Waals surface area contributed by atoms with Gasteiger partial charge in [0.15, 0.2) is 0 Å². The van der Waals surface area contributed by atoms with Crippen LogP contribution in [0.4, 0.5) is 11.4 Å². The Bertz CT molecular complexity index is 262. The first-order valence-electron chi connectivity index (χ1n) is 3.95. The summed E-state index contributed by atoms with van der Waals surface area (Å²) in [5.41, 5.74) is 7.10. The summed E-state index contributed by atoms with van der Waals surface area (Å²) < 4.78 is 0. The summed E-state index contributed by atoms with van der Waals surface area (Å²) in [6.45, 7) is 3.97. The quantitative estimate of drug-likeness (QED) is 0.529. The molecule has 0 aliphatic rings. The average Bonchev–Trinajstić information content (AvgIpc) is 2.03. The molecule has 0 radical (unpaired) electrons. The second-order valence-electron chi connectivity index (χ2n) is 2.90. The van der Waals surface area contributed by atoms with Gasteiger partial charge in [-0.05, 0) is 38.1 Å². The van der Waals surface area contributed by atoms with E-state index in [0.717, 1.165) is 11.4 Å². The first-order chi connectivity index (χ1) is 5.68. The zero-order chi connectivity index (χ0) is 8.97. The van der Waals surface area contributed by atoms with Crippen LogP contribution in [0.3, 0.4) is 0 Å². The molecule has 0 saturated carbocycles. The third-order valence-corrected chi connectivity index (χ3v) is 1.30. The van der Waals surface area contributed by atoms with E-state index < -0.39 is 0 Å². The molecule has 0 atom stereocenters. The highest BCUT2D eigenvalue weighted by Crippen LogP contribution is 2.14. The van der Waals surface area contributed by atoms with Gasteiger partial charge in [0.1, 0.15) is 0 Å². The number of rotatable bonds is 2. The molecule has 0 spiro atoms. The Morgan fingerprint density at radius 3 is 2.25 bits per heavy atom. The number of hydrogen-bond donors (Lipinski definition) is 1. The summed E-state index contributed by atoms with van der Waals surface area (Å²) in [4.78, 5) is 0. The van der Waals surface area contributed by atoms with Crippen molar-refractivity contribution in [2.75, 3.05) is 5.73 Å². The van der Waals surface area contributed by atoms with Gasteiger partial charge in [0.05, 0.1) is 11.7 Å². The van der Waals surface area contributed by atoms with Gasteiger partial charge in [-0.15, -0.1) is 0 Å². The molecule has 2 N–H and O–H groups in total. The molecule has 3 heteroatoms. The molecular formula is C9H13N3. The third kappa shape index (κ3) is 2.70. The van der Waals surface area contributed by atoms with Crippen molar-refractivity contribution < 1.29 is 0 Å². The van der Waals surface area contributed by atoms with E-state index in [0.29, 0.717) is 0 Å². The van der Waals surface area contributed by atoms with Gasteiger partial charge in [-0.2, -0.15) is 10.2 Å². The topological polar surface area (TPSA) is 50.7 Å². The molecule has 0 aliphatic carbocycles. The lowest BCUT2D eigenvalue weighted by atomic mass is 10.3. The van der Waals surface area contributed by atoms with Crippen molar-refractivity contribution in [3.8, 4) is 0 Å². The lowest BCUT2D eigenvalue weighted by molar-refractivity contribution is 0.779. The number of anilines is 1. The van der Waals surface area contributed by atoms with Gasteiger partial charge in [-0.25, -0.2) is 0 Å². The standard InChI is InChI=1S/C9H13N3/c1-7(2)11-12-9-5-3-8(10)4-6-9/h3-7H,10H2,1-2H3. The van der Waals surface area contributed by atoms with Crippen LogP contribution in [0.15, 0.2) is 34.5 Å². The van der Waals surface area contributed by atoms with Crippen molar-refractivity contribution >= 4 is 11.4 Å². The molecule has 0 saturated heterocycles. The van der Waals surface area contributed by atoms with Crippen LogP contribution in [-0.2, 0) is 0 Å². The van der Waals surface area contributed by atoms with Gasteiger partial charge in [0, 0.05) is 5.69 Å². The summed E-state index contributed by atoms with van der Waals surface area (Å²) in [6, 6.07) is 7.56. The predicted octanol–water partition coefficient (Wildman–Crippen LogP) is 2.76. The molecule has 0 amide bonds. The van der Waals surface area contributed by atoms with Crippen molar-refractivity contribution in [3.63, 3.8) is 0 Å². The monoisotopic (exact) mass is 163 g/mol. The molecule has 0 heterocycles. The molecule has 3 nitrogen and oxygen atoms in total. The molecule has 1 aromatic rings. The summed E-state index contributed by atoms with van der Waals surface area (Å²) in [6.07, 6.45) is 0. The Morgan fingerprint density at radius 1 is 1.17 bits per heavy atom. The average molecular weight is 163 g/mol. The van der Waals surface area contributed by atoms with Crippen molar-refractivity contribution in [3.05, 3.63) is 24.3 Å². The zero-order valence-corrected chi connectivity index (χ0v) is 7.36. The van der Waals surface area contributed by atoms with E-state index in [-0.39, 0.29) is 6.04 Å². The van der Waals surface area contributed by atoms with E-state index in [2.05, 4.69) is 10.2 Å². The van der Waals surface area contributed by atoms with Gasteiger partial charge in [0.25, 0.3) is 0 Å². The van der Waals surface area contributed by atoms with Gasteiger partial charge in [-0.3, -0.25) is 0 Å². The number of nitrogens with zero attached hydrogens (tertiary/aromatic N) is 2. The van der Waals surface area contributed by atoms with Crippen LogP contribution in [0.1, 0.15) is 13.8 Å². The highest BCUT2D eigenvalue weighted by molar-refractivity contribution is 5.47. The normalized spacial score (nSPS) is 11.2. The van der Waals surface area contributed by atoms with Crippen LogP contribution in [0.5, 0.6) is 0 Å². The number of benzene rings is 1. The number of nitrogens with two attached hydrogens (primary N) is 1. The highest BCUT2D eigenvalue weighted by atomic mass is 15.1. The smallest absolute Gasteiger partial charge is 0.0854 e. The van der Waals surface area contributed by atoms with E-state index in [9.17, 15) is 0 Å². The van der Waals surface area contributed by atoms with Gasteiger partial charge >= 0.3 is 0 Å². The van der Waals surface area contributed by atoms with Crippen LogP contribution in [0, 0.1) is 0 Å². The summed E-state index contributed by atoms with van der Waals surface area (Å²) in [5.74, 6) is 0. The minimum Gasteiger partial charge on any atom is -0.399 e. The molecule has 0 fully saturated rings. The lowest BCUT2D eigenvalue weighted by Crippen LogP contribution is -1.84. The van der Waals surface area contributed by atoms with Crippen LogP contribution in [0.2, 0.25) is 0 Å². The maximum absolute atomic E-state index is 5.51. The lowest BCUT2D eigenvalue weighted by Gasteiger charge is -1.95. The van der Waals surface area contributed by atoms with Gasteiger partial charge in [-0.1, -0.05) is 0 Å². The van der Waals surface area contributed by atoms with E-state index >= 15 is 0 Å². The maximum atomic E-state index is 5.51. The fourth-order valence-electron chi connectivity index (χ4n) is 0.723. The summed E-state index contributed by atoms with van der Waals surface area (Å²) >= 11 is 0. The molecule has 0 aromatic heterocycles. The van der Waals surface area contributed by atoms with Crippen LogP contribution >= 0.6 is 0 Å². The minimum absolute atomic E-state index is 0.238. The number of hydrogen-bond acceptors (Lipinski definition) is 3. The minimum atomic E-state index is 0.238. The Labute approximate surface area is 72.3 Å². The summed E-state index contributed by atoms with van der Waals surface area (Å²) in [5, 5.41) is 8.02. The van der Waals surface area contributed by atoms with Gasteiger partial charge < -0.3 is 5.73 Å². The Morgan fingerprint density at radius 2 is 1.75 bits per heavy atom. The van der Waals surface area contributed by atoms with Crippen LogP contribution in [-0.4, -0.2) is 6.04 Å². The molecular weight excluding hydrogens is 150 g/mol. The van der Waals surface area contributed by atoms with Crippen LogP contribution < -0.4 is 5.73 Å². The first-order valence-corrected chi connectivity index (χ1v) is 3.95. The van der Waals surface area contributed by atoms with Crippen molar-refractivity contribution in [1.82, 2.24) is 0 Å². The Balaban J connectivity index is 2.71. The summed E-state index contributed by atoms with van der Waals surface area (Å²) in [7, 11) is 0. The predicted molar refractivity (Wildman–Crippen MR) is 50.5 cm³/mol. The molecule has 0 unspecified atom stereocenters. The number of nitrogen functional groups attached to an aromatic ring is 1. The third-order valence-electron chi connectivity index (χ3n) is 1.30. The van der Waals surface area contributed by atoms with Gasteiger partial charge in [0.2, 0.25) is 0 Å². The molecule has 1 aromatic carbocycles. The second kappa shape index (κ2) is 3.85. The van der Waals surface area contributed by atoms with E-state index in [1.807, 2.05) is 38.1 Å². The van der Waals surface area contributed by atoms with Crippen LogP contribution in [0.25, 0.3) is 0 Å². The molecule has 1 rings (SSSR count). The second-order valence-corrected chi connectivity index (χ2v) is 2.90. The Kier molecular flexibility index (Phi) is 2.80. The SMILES string of the molecule is CC(C)N=Nc1ccc(N)cc1. The largest absolute Gasteiger partial charge is 0.399 e. The fourth-order valence-corrected chi connectivity index (χ4v) is 0.723. The fraction of sp³-hybridized carbons (Fsp3) is 0.333. The molecule has 64 valence electrons. The van der Waals surface area contributed by atoms with Crippen molar-refractivity contribution in [2.24, 2.45) is 10.2 Å². The van der Waals surface area contributed by atoms with E-state index in [4.69, 9.17) is 5.73 Å². The Hall–Kier alpha value is -1.38.